The third-order valence-corrected chi connectivity index (χ3v) is 4.30. The smallest absolute Gasteiger partial charge is 0.283 e. The largest absolute Gasteiger partial charge is 0.380 e. The van der Waals surface area contributed by atoms with Gasteiger partial charge in [0.15, 0.2) is 0 Å². The second-order valence-corrected chi connectivity index (χ2v) is 6.05. The predicted molar refractivity (Wildman–Crippen MR) is 80.2 cm³/mol. The Hall–Kier alpha value is -0.920. The number of anilines is 1. The highest BCUT2D eigenvalue weighted by Crippen LogP contribution is 2.24. The minimum Gasteiger partial charge on any atom is -0.380 e. The molecule has 0 saturated carbocycles. The molecule has 1 aromatic heterocycles. The van der Waals surface area contributed by atoms with E-state index in [9.17, 15) is 4.79 Å². The van der Waals surface area contributed by atoms with Crippen LogP contribution in [0, 0.1) is 0 Å². The maximum atomic E-state index is 12.1. The minimum absolute atomic E-state index is 0.0291. The van der Waals surface area contributed by atoms with Crippen molar-refractivity contribution in [3.05, 3.63) is 21.0 Å². The first-order chi connectivity index (χ1) is 9.49. The molecule has 1 atom stereocenters. The van der Waals surface area contributed by atoms with E-state index in [-0.39, 0.29) is 17.2 Å². The summed E-state index contributed by atoms with van der Waals surface area (Å²) in [5.41, 5.74) is 0.209. The van der Waals surface area contributed by atoms with E-state index in [1.165, 1.54) is 4.68 Å². The zero-order valence-corrected chi connectivity index (χ0v) is 13.6. The molecule has 2 rings (SSSR count). The van der Waals surface area contributed by atoms with Gasteiger partial charge in [-0.2, -0.15) is 5.10 Å². The van der Waals surface area contributed by atoms with Crippen LogP contribution >= 0.6 is 15.9 Å². The number of hydrogen-bond donors (Lipinski definition) is 1. The Morgan fingerprint density at radius 1 is 1.65 bits per heavy atom. The van der Waals surface area contributed by atoms with Crippen molar-refractivity contribution >= 4 is 21.6 Å². The van der Waals surface area contributed by atoms with Gasteiger partial charge in [-0.25, -0.2) is 4.68 Å². The van der Waals surface area contributed by atoms with Gasteiger partial charge in [-0.1, -0.05) is 0 Å². The lowest BCUT2D eigenvalue weighted by Crippen LogP contribution is -2.40. The SMILES string of the molecule is COC1(CNc2cnn(C(C)C)c(=O)c2Br)CCOC1. The molecular formula is C13H20BrN3O3. The second-order valence-electron chi connectivity index (χ2n) is 5.26. The quantitative estimate of drug-likeness (QED) is 0.881. The summed E-state index contributed by atoms with van der Waals surface area (Å²) < 4.78 is 12.9. The van der Waals surface area contributed by atoms with Gasteiger partial charge in [0.2, 0.25) is 0 Å². The summed E-state index contributed by atoms with van der Waals surface area (Å²) in [6.45, 7) is 5.68. The zero-order valence-electron chi connectivity index (χ0n) is 12.0. The first-order valence-electron chi connectivity index (χ1n) is 6.63. The van der Waals surface area contributed by atoms with Gasteiger partial charge < -0.3 is 14.8 Å². The van der Waals surface area contributed by atoms with Crippen LogP contribution in [0.15, 0.2) is 15.5 Å². The summed E-state index contributed by atoms with van der Waals surface area (Å²) in [5, 5.41) is 7.40. The highest BCUT2D eigenvalue weighted by molar-refractivity contribution is 9.10. The van der Waals surface area contributed by atoms with Gasteiger partial charge in [-0.05, 0) is 29.8 Å². The van der Waals surface area contributed by atoms with Crippen LogP contribution in [0.2, 0.25) is 0 Å². The molecule has 1 aliphatic rings. The normalized spacial score (nSPS) is 22.4. The first kappa shape index (κ1) is 15.5. The lowest BCUT2D eigenvalue weighted by molar-refractivity contribution is -0.00621. The van der Waals surface area contributed by atoms with Crippen LogP contribution in [-0.2, 0) is 9.47 Å². The van der Waals surface area contributed by atoms with Gasteiger partial charge in [0.25, 0.3) is 5.56 Å². The lowest BCUT2D eigenvalue weighted by Gasteiger charge is -2.26. The first-order valence-corrected chi connectivity index (χ1v) is 7.42. The van der Waals surface area contributed by atoms with E-state index in [1.807, 2.05) is 13.8 Å². The van der Waals surface area contributed by atoms with Crippen molar-refractivity contribution in [1.29, 1.82) is 0 Å². The van der Waals surface area contributed by atoms with Crippen molar-refractivity contribution in [2.45, 2.75) is 31.9 Å². The molecular weight excluding hydrogens is 326 g/mol. The molecule has 6 nitrogen and oxygen atoms in total. The highest BCUT2D eigenvalue weighted by atomic mass is 79.9. The summed E-state index contributed by atoms with van der Waals surface area (Å²) in [4.78, 5) is 12.1. The molecule has 0 spiro atoms. The molecule has 1 fully saturated rings. The average Bonchev–Trinajstić information content (AvgIpc) is 2.89. The summed E-state index contributed by atoms with van der Waals surface area (Å²) >= 11 is 3.34. The van der Waals surface area contributed by atoms with Crippen LogP contribution in [-0.4, -0.2) is 42.2 Å². The predicted octanol–water partition coefficient (Wildman–Crippen LogP) is 1.80. The number of nitrogens with zero attached hydrogens (tertiary/aromatic N) is 2. The van der Waals surface area contributed by atoms with E-state index in [2.05, 4.69) is 26.3 Å². The van der Waals surface area contributed by atoms with Gasteiger partial charge in [0, 0.05) is 26.7 Å². The standard InChI is InChI=1S/C13H20BrN3O3/c1-9(2)17-12(18)11(14)10(6-16-17)15-7-13(19-3)4-5-20-8-13/h6,9,15H,4-5,7-8H2,1-3H3. The molecule has 1 aromatic rings. The summed E-state index contributed by atoms with van der Waals surface area (Å²) in [7, 11) is 1.68. The van der Waals surface area contributed by atoms with Crippen LogP contribution in [0.25, 0.3) is 0 Å². The fourth-order valence-electron chi connectivity index (χ4n) is 2.15. The van der Waals surface area contributed by atoms with E-state index in [0.29, 0.717) is 29.9 Å². The molecule has 112 valence electrons. The van der Waals surface area contributed by atoms with Crippen LogP contribution in [0.1, 0.15) is 26.3 Å². The van der Waals surface area contributed by atoms with E-state index in [0.717, 1.165) is 6.42 Å². The Bertz CT molecular complexity index is 524. The van der Waals surface area contributed by atoms with Crippen LogP contribution in [0.4, 0.5) is 5.69 Å². The average molecular weight is 346 g/mol. The summed E-state index contributed by atoms with van der Waals surface area (Å²) in [6.07, 6.45) is 2.50. The van der Waals surface area contributed by atoms with E-state index >= 15 is 0 Å². The summed E-state index contributed by atoms with van der Waals surface area (Å²) in [5.74, 6) is 0. The highest BCUT2D eigenvalue weighted by Gasteiger charge is 2.34. The zero-order chi connectivity index (χ0) is 14.8. The van der Waals surface area contributed by atoms with Gasteiger partial charge >= 0.3 is 0 Å². The monoisotopic (exact) mass is 345 g/mol. The second kappa shape index (κ2) is 6.24. The molecule has 0 aromatic carbocycles. The van der Waals surface area contributed by atoms with Crippen LogP contribution < -0.4 is 10.9 Å². The maximum Gasteiger partial charge on any atom is 0.283 e. The number of aromatic nitrogens is 2. The fraction of sp³-hybridized carbons (Fsp3) is 0.692. The minimum atomic E-state index is -0.327. The maximum absolute atomic E-state index is 12.1. The number of halogens is 1. The van der Waals surface area contributed by atoms with Gasteiger partial charge in [-0.15, -0.1) is 0 Å². The Kier molecular flexibility index (Phi) is 4.82. The molecule has 0 radical (unpaired) electrons. The number of nitrogens with one attached hydrogen (secondary N) is 1. The van der Waals surface area contributed by atoms with Gasteiger partial charge in [0.1, 0.15) is 10.1 Å². The van der Waals surface area contributed by atoms with Crippen LogP contribution in [0.3, 0.4) is 0 Å². The third kappa shape index (κ3) is 3.05. The third-order valence-electron chi connectivity index (χ3n) is 3.53. The lowest BCUT2D eigenvalue weighted by atomic mass is 10.0. The van der Waals surface area contributed by atoms with Gasteiger partial charge in [0.05, 0.1) is 24.5 Å². The Balaban J connectivity index is 2.14. The molecule has 1 aliphatic heterocycles. The number of ether oxygens (including phenoxy) is 2. The molecule has 0 aliphatic carbocycles. The van der Waals surface area contributed by atoms with E-state index in [4.69, 9.17) is 9.47 Å². The van der Waals surface area contributed by atoms with Gasteiger partial charge in [-0.3, -0.25) is 4.79 Å². The van der Waals surface area contributed by atoms with Crippen molar-refractivity contribution in [1.82, 2.24) is 9.78 Å². The molecule has 2 heterocycles. The van der Waals surface area contributed by atoms with Crippen molar-refractivity contribution in [2.75, 3.05) is 32.2 Å². The van der Waals surface area contributed by atoms with E-state index < -0.39 is 0 Å². The van der Waals surface area contributed by atoms with Crippen molar-refractivity contribution < 1.29 is 9.47 Å². The molecule has 0 amide bonds. The Morgan fingerprint density at radius 2 is 2.40 bits per heavy atom. The molecule has 0 bridgehead atoms. The molecule has 1 N–H and O–H groups in total. The molecule has 20 heavy (non-hydrogen) atoms. The van der Waals surface area contributed by atoms with Crippen molar-refractivity contribution in [2.24, 2.45) is 0 Å². The van der Waals surface area contributed by atoms with Crippen molar-refractivity contribution in [3.63, 3.8) is 0 Å². The number of hydrogen-bond acceptors (Lipinski definition) is 5. The van der Waals surface area contributed by atoms with Crippen molar-refractivity contribution in [3.8, 4) is 0 Å². The van der Waals surface area contributed by atoms with E-state index in [1.54, 1.807) is 13.3 Å². The fourth-order valence-corrected chi connectivity index (χ4v) is 2.58. The molecule has 7 heteroatoms. The number of methoxy groups -OCH3 is 1. The summed E-state index contributed by atoms with van der Waals surface area (Å²) in [6, 6.07) is 0.0291. The molecule has 1 unspecified atom stereocenters. The molecule has 1 saturated heterocycles. The number of rotatable bonds is 5. The Labute approximate surface area is 126 Å². The van der Waals surface area contributed by atoms with Crippen LogP contribution in [0.5, 0.6) is 0 Å². The Morgan fingerprint density at radius 3 is 2.95 bits per heavy atom. The topological polar surface area (TPSA) is 65.4 Å².